The highest BCUT2D eigenvalue weighted by Crippen LogP contribution is 2.27. The third-order valence-electron chi connectivity index (χ3n) is 5.76. The standard InChI is InChI=1S/C25H25N5O3S/c31-22-8-4-3-7-21(22)30-13-11-29(12-14-30)16-23(32)26-25-28-27-24(34-25)17-33-20-10-9-18-5-1-2-6-19(18)15-20/h1-10,15,31H,11-14,16-17H2,(H,26,28,32). The molecule has 0 atom stereocenters. The fourth-order valence-electron chi connectivity index (χ4n) is 4.01. The van der Waals surface area contributed by atoms with Crippen molar-refractivity contribution in [1.29, 1.82) is 0 Å². The molecule has 1 aliphatic rings. The summed E-state index contributed by atoms with van der Waals surface area (Å²) in [5.74, 6) is 0.932. The van der Waals surface area contributed by atoms with Crippen molar-refractivity contribution in [3.05, 3.63) is 71.7 Å². The summed E-state index contributed by atoms with van der Waals surface area (Å²) in [5.41, 5.74) is 0.832. The normalized spacial score (nSPS) is 14.3. The highest BCUT2D eigenvalue weighted by molar-refractivity contribution is 7.15. The topological polar surface area (TPSA) is 90.8 Å². The minimum atomic E-state index is -0.117. The Bertz CT molecular complexity index is 1290. The van der Waals surface area contributed by atoms with Crippen LogP contribution in [0.2, 0.25) is 0 Å². The second kappa shape index (κ2) is 10.1. The zero-order chi connectivity index (χ0) is 23.3. The first-order valence-electron chi connectivity index (χ1n) is 11.1. The van der Waals surface area contributed by atoms with E-state index in [0.29, 0.717) is 16.7 Å². The first-order valence-corrected chi connectivity index (χ1v) is 11.9. The van der Waals surface area contributed by atoms with E-state index in [4.69, 9.17) is 4.74 Å². The number of phenolic OH excluding ortho intramolecular Hbond substituents is 1. The van der Waals surface area contributed by atoms with Crippen LogP contribution in [0.4, 0.5) is 10.8 Å². The Morgan fingerprint density at radius 3 is 2.56 bits per heavy atom. The average Bonchev–Trinajstić information content (AvgIpc) is 3.30. The van der Waals surface area contributed by atoms with Gasteiger partial charge < -0.3 is 14.7 Å². The lowest BCUT2D eigenvalue weighted by molar-refractivity contribution is -0.117. The summed E-state index contributed by atoms with van der Waals surface area (Å²) < 4.78 is 5.86. The van der Waals surface area contributed by atoms with Crippen LogP contribution in [-0.4, -0.2) is 58.8 Å². The molecule has 174 valence electrons. The quantitative estimate of drug-likeness (QED) is 0.421. The number of anilines is 2. The molecule has 0 spiro atoms. The number of amides is 1. The van der Waals surface area contributed by atoms with Gasteiger partial charge in [0.1, 0.15) is 18.1 Å². The van der Waals surface area contributed by atoms with Crippen molar-refractivity contribution in [2.75, 3.05) is 42.9 Å². The van der Waals surface area contributed by atoms with E-state index in [1.54, 1.807) is 6.07 Å². The largest absolute Gasteiger partial charge is 0.506 e. The van der Waals surface area contributed by atoms with Gasteiger partial charge in [-0.2, -0.15) is 0 Å². The number of ether oxygens (including phenoxy) is 1. The van der Waals surface area contributed by atoms with E-state index in [0.717, 1.165) is 48.4 Å². The molecule has 0 aliphatic carbocycles. The van der Waals surface area contributed by atoms with E-state index < -0.39 is 0 Å². The van der Waals surface area contributed by atoms with Crippen molar-refractivity contribution in [2.45, 2.75) is 6.61 Å². The maximum absolute atomic E-state index is 12.5. The van der Waals surface area contributed by atoms with E-state index in [2.05, 4.69) is 31.4 Å². The zero-order valence-electron chi connectivity index (χ0n) is 18.6. The number of hydrogen-bond acceptors (Lipinski definition) is 8. The fraction of sp³-hybridized carbons (Fsp3) is 0.240. The lowest BCUT2D eigenvalue weighted by atomic mass is 10.1. The summed E-state index contributed by atoms with van der Waals surface area (Å²) >= 11 is 1.31. The summed E-state index contributed by atoms with van der Waals surface area (Å²) in [6.45, 7) is 3.56. The SMILES string of the molecule is O=C(CN1CCN(c2ccccc2O)CC1)Nc1nnc(COc2ccc3ccccc3c2)s1. The number of rotatable bonds is 7. The average molecular weight is 476 g/mol. The van der Waals surface area contributed by atoms with Gasteiger partial charge in [0.05, 0.1) is 12.2 Å². The minimum Gasteiger partial charge on any atom is -0.506 e. The number of benzene rings is 3. The van der Waals surface area contributed by atoms with Gasteiger partial charge in [0.25, 0.3) is 0 Å². The molecule has 2 heterocycles. The molecule has 0 unspecified atom stereocenters. The second-order valence-corrected chi connectivity index (χ2v) is 9.16. The van der Waals surface area contributed by atoms with Crippen molar-refractivity contribution < 1.29 is 14.6 Å². The first kappa shape index (κ1) is 22.1. The number of aromatic nitrogens is 2. The van der Waals surface area contributed by atoms with E-state index >= 15 is 0 Å². The molecule has 1 amide bonds. The predicted octanol–water partition coefficient (Wildman–Crippen LogP) is 3.74. The Balaban J connectivity index is 1.09. The molecule has 1 fully saturated rings. The highest BCUT2D eigenvalue weighted by Gasteiger charge is 2.21. The maximum atomic E-state index is 12.5. The third-order valence-corrected chi connectivity index (χ3v) is 6.57. The second-order valence-electron chi connectivity index (χ2n) is 8.10. The van der Waals surface area contributed by atoms with Gasteiger partial charge >= 0.3 is 0 Å². The van der Waals surface area contributed by atoms with E-state index in [1.165, 1.54) is 11.3 Å². The molecule has 1 aliphatic heterocycles. The summed E-state index contributed by atoms with van der Waals surface area (Å²) in [6, 6.07) is 21.4. The predicted molar refractivity (Wildman–Crippen MR) is 134 cm³/mol. The van der Waals surface area contributed by atoms with Gasteiger partial charge in [0, 0.05) is 26.2 Å². The molecule has 8 nitrogen and oxygen atoms in total. The van der Waals surface area contributed by atoms with Gasteiger partial charge in [-0.15, -0.1) is 10.2 Å². The number of carbonyl (C=O) groups excluding carboxylic acids is 1. The van der Waals surface area contributed by atoms with Crippen molar-refractivity contribution in [3.8, 4) is 11.5 Å². The van der Waals surface area contributed by atoms with Crippen LogP contribution in [0.5, 0.6) is 11.5 Å². The minimum absolute atomic E-state index is 0.117. The molecule has 1 aromatic heterocycles. The number of fused-ring (bicyclic) bond motifs is 1. The van der Waals surface area contributed by atoms with Crippen molar-refractivity contribution in [3.63, 3.8) is 0 Å². The summed E-state index contributed by atoms with van der Waals surface area (Å²) in [6.07, 6.45) is 0. The highest BCUT2D eigenvalue weighted by atomic mass is 32.1. The van der Waals surface area contributed by atoms with Crippen LogP contribution >= 0.6 is 11.3 Å². The maximum Gasteiger partial charge on any atom is 0.240 e. The van der Waals surface area contributed by atoms with Crippen molar-refractivity contribution >= 4 is 38.8 Å². The number of piperazine rings is 1. The molecule has 9 heteroatoms. The smallest absolute Gasteiger partial charge is 0.240 e. The van der Waals surface area contributed by atoms with Crippen LogP contribution < -0.4 is 15.0 Å². The fourth-order valence-corrected chi connectivity index (χ4v) is 4.67. The number of carbonyl (C=O) groups is 1. The number of nitrogens with one attached hydrogen (secondary N) is 1. The van der Waals surface area contributed by atoms with Crippen LogP contribution in [0.1, 0.15) is 5.01 Å². The molecule has 4 aromatic rings. The molecular weight excluding hydrogens is 450 g/mol. The zero-order valence-corrected chi connectivity index (χ0v) is 19.4. The third kappa shape index (κ3) is 5.27. The van der Waals surface area contributed by atoms with Crippen LogP contribution in [-0.2, 0) is 11.4 Å². The Morgan fingerprint density at radius 1 is 0.971 bits per heavy atom. The monoisotopic (exact) mass is 475 g/mol. The molecule has 34 heavy (non-hydrogen) atoms. The number of phenols is 1. The Morgan fingerprint density at radius 2 is 1.74 bits per heavy atom. The van der Waals surface area contributed by atoms with Gasteiger partial charge in [0.2, 0.25) is 11.0 Å². The summed E-state index contributed by atoms with van der Waals surface area (Å²) in [5, 5.41) is 24.5. The van der Waals surface area contributed by atoms with Crippen LogP contribution in [0, 0.1) is 0 Å². The van der Waals surface area contributed by atoms with Gasteiger partial charge in [-0.3, -0.25) is 15.0 Å². The Kier molecular flexibility index (Phi) is 6.55. The lowest BCUT2D eigenvalue weighted by Gasteiger charge is -2.35. The van der Waals surface area contributed by atoms with E-state index in [1.807, 2.05) is 54.6 Å². The Hall–Kier alpha value is -3.69. The van der Waals surface area contributed by atoms with Crippen molar-refractivity contribution in [2.24, 2.45) is 0 Å². The summed E-state index contributed by atoms with van der Waals surface area (Å²) in [7, 11) is 0. The van der Waals surface area contributed by atoms with Gasteiger partial charge in [0.15, 0.2) is 5.01 Å². The molecule has 1 saturated heterocycles. The van der Waals surface area contributed by atoms with Gasteiger partial charge in [-0.25, -0.2) is 0 Å². The van der Waals surface area contributed by atoms with Crippen LogP contribution in [0.3, 0.4) is 0 Å². The van der Waals surface area contributed by atoms with E-state index in [-0.39, 0.29) is 18.2 Å². The number of hydrogen-bond donors (Lipinski definition) is 2. The molecule has 3 aromatic carbocycles. The lowest BCUT2D eigenvalue weighted by Crippen LogP contribution is -2.48. The molecule has 5 rings (SSSR count). The van der Waals surface area contributed by atoms with E-state index in [9.17, 15) is 9.90 Å². The first-order chi connectivity index (χ1) is 16.6. The number of nitrogens with zero attached hydrogens (tertiary/aromatic N) is 4. The number of para-hydroxylation sites is 2. The Labute approximate surface area is 201 Å². The van der Waals surface area contributed by atoms with Gasteiger partial charge in [-0.05, 0) is 35.0 Å². The number of aromatic hydroxyl groups is 1. The molecule has 2 N–H and O–H groups in total. The molecule has 0 radical (unpaired) electrons. The summed E-state index contributed by atoms with van der Waals surface area (Å²) in [4.78, 5) is 16.7. The van der Waals surface area contributed by atoms with Gasteiger partial charge in [-0.1, -0.05) is 53.8 Å². The molecular formula is C25H25N5O3S. The molecule has 0 bridgehead atoms. The van der Waals surface area contributed by atoms with Crippen molar-refractivity contribution in [1.82, 2.24) is 15.1 Å². The molecule has 0 saturated carbocycles. The van der Waals surface area contributed by atoms with Crippen LogP contribution in [0.15, 0.2) is 66.7 Å². The van der Waals surface area contributed by atoms with Crippen LogP contribution in [0.25, 0.3) is 10.8 Å².